The molecule has 34 valence electrons. The summed E-state index contributed by atoms with van der Waals surface area (Å²) in [5, 5.41) is 0. The average molecular weight is 210 g/mol. The van der Waals surface area contributed by atoms with Crippen LogP contribution in [-0.2, 0) is 50.9 Å². The normalized spacial score (nSPS) is 1.00. The molecule has 0 fully saturated rings. The van der Waals surface area contributed by atoms with Crippen LogP contribution in [0.4, 0.5) is 0 Å². The first-order chi connectivity index (χ1) is 1.00. The van der Waals surface area contributed by atoms with E-state index in [-0.39, 0.29) is 50.9 Å². The maximum absolute atomic E-state index is 4.42. The minimum absolute atomic E-state index is 0. The first kappa shape index (κ1) is 27.8. The Kier molecular flexibility index (Phi) is 205. The Hall–Kier alpha value is 2.04. The number of hydrogen-bond donors (Lipinski definition) is 0. The van der Waals surface area contributed by atoms with Crippen LogP contribution in [0, 0.1) is 0 Å². The monoisotopic (exact) mass is 210 g/mol. The van der Waals surface area contributed by atoms with Crippen molar-refractivity contribution < 1.29 is 50.9 Å². The standard InChI is InChI=1S/BH2P.Cr.Fe.Ni/c1-2;;;/h2H2;;;. The van der Waals surface area contributed by atoms with Crippen molar-refractivity contribution in [1.82, 2.24) is 0 Å². The van der Waals surface area contributed by atoms with Crippen LogP contribution in [0.2, 0.25) is 0 Å². The van der Waals surface area contributed by atoms with Gasteiger partial charge in [-0.2, -0.15) is 9.12 Å². The molecule has 5 heavy (non-hydrogen) atoms. The molecule has 0 saturated carbocycles. The first-order valence-corrected chi connectivity index (χ1v) is 1.00. The second kappa shape index (κ2) is 36.9. The predicted octanol–water partition coefficient (Wildman–Crippen LogP) is -0.0625. The van der Waals surface area contributed by atoms with Crippen LogP contribution in [0.3, 0.4) is 0 Å². The van der Waals surface area contributed by atoms with E-state index in [0.29, 0.717) is 0 Å². The topological polar surface area (TPSA) is 0 Å². The van der Waals surface area contributed by atoms with Crippen LogP contribution >= 0.6 is 9.12 Å². The minimum Gasteiger partial charge on any atom is -0.187 e. The van der Waals surface area contributed by atoms with E-state index >= 15 is 0 Å². The van der Waals surface area contributed by atoms with Gasteiger partial charge in [-0.05, 0) is 0 Å². The molecule has 0 amide bonds. The molecule has 0 nitrogen and oxygen atoms in total. The van der Waals surface area contributed by atoms with Gasteiger partial charge < -0.3 is 0 Å². The molecular weight excluding hydrogens is 208 g/mol. The Bertz CT molecular complexity index is 11.6. The van der Waals surface area contributed by atoms with E-state index in [1.54, 1.807) is 0 Å². The SMILES string of the molecule is [B]P.[Cr].[Fe].[Ni]. The largest absolute Gasteiger partial charge is 0.187 e. The first-order valence-electron chi connectivity index (χ1n) is 0.333. The molecule has 0 N–H and O–H groups in total. The van der Waals surface area contributed by atoms with Gasteiger partial charge in [0.2, 0.25) is 0 Å². The van der Waals surface area contributed by atoms with E-state index in [9.17, 15) is 0 Å². The summed E-state index contributed by atoms with van der Waals surface area (Å²) < 4.78 is 0. The summed E-state index contributed by atoms with van der Waals surface area (Å²) in [7, 11) is 6.33. The Morgan fingerprint density at radius 3 is 1.20 bits per heavy atom. The van der Waals surface area contributed by atoms with Crippen LogP contribution < -0.4 is 0 Å². The van der Waals surface area contributed by atoms with Gasteiger partial charge in [0.05, 0.1) is 7.57 Å². The van der Waals surface area contributed by atoms with Crippen molar-refractivity contribution in [2.24, 2.45) is 0 Å². The van der Waals surface area contributed by atoms with Gasteiger partial charge in [0, 0.05) is 50.9 Å². The fraction of sp³-hybridized carbons (Fsp3) is 0. The maximum atomic E-state index is 4.42. The van der Waals surface area contributed by atoms with Gasteiger partial charge in [-0.15, -0.1) is 0 Å². The van der Waals surface area contributed by atoms with Gasteiger partial charge in [0.1, 0.15) is 0 Å². The summed E-state index contributed by atoms with van der Waals surface area (Å²) in [5.41, 5.74) is 0. The van der Waals surface area contributed by atoms with Crippen molar-refractivity contribution in [3.63, 3.8) is 0 Å². The van der Waals surface area contributed by atoms with Crippen LogP contribution in [0.15, 0.2) is 0 Å². The van der Waals surface area contributed by atoms with Crippen molar-refractivity contribution in [2.75, 3.05) is 0 Å². The molecule has 0 aliphatic carbocycles. The van der Waals surface area contributed by atoms with Crippen LogP contribution in [0.1, 0.15) is 0 Å². The summed E-state index contributed by atoms with van der Waals surface area (Å²) in [6.45, 7) is 0. The third-order valence-electron chi connectivity index (χ3n) is 0. The molecule has 0 saturated heterocycles. The molecule has 0 bridgehead atoms. The van der Waals surface area contributed by atoms with Crippen LogP contribution in [-0.4, -0.2) is 7.57 Å². The molecule has 0 rings (SSSR count). The second-order valence-corrected chi connectivity index (χ2v) is 0. The Balaban J connectivity index is -0.00000000167. The van der Waals surface area contributed by atoms with E-state index in [0.717, 1.165) is 0 Å². The van der Waals surface area contributed by atoms with Crippen molar-refractivity contribution in [2.45, 2.75) is 0 Å². The Labute approximate surface area is 67.3 Å². The van der Waals surface area contributed by atoms with E-state index in [1.165, 1.54) is 0 Å². The summed E-state index contributed by atoms with van der Waals surface area (Å²) in [6.07, 6.45) is 0. The molecule has 0 aliphatic heterocycles. The maximum Gasteiger partial charge on any atom is 0.0996 e. The minimum atomic E-state index is 0. The third kappa shape index (κ3) is 23.7. The summed E-state index contributed by atoms with van der Waals surface area (Å²) in [4.78, 5) is 0. The fourth-order valence-corrected chi connectivity index (χ4v) is 0. The zero-order valence-corrected chi connectivity index (χ0v) is 6.75. The molecule has 0 aliphatic rings. The second-order valence-electron chi connectivity index (χ2n) is 0. The van der Waals surface area contributed by atoms with Gasteiger partial charge in [0.15, 0.2) is 0 Å². The molecular formula is H2BCrFeNiP. The smallest absolute Gasteiger partial charge is 0.0996 e. The number of hydrogen-bond acceptors (Lipinski definition) is 0. The van der Waals surface area contributed by atoms with E-state index in [2.05, 4.69) is 7.57 Å². The van der Waals surface area contributed by atoms with E-state index in [1.807, 2.05) is 9.12 Å². The van der Waals surface area contributed by atoms with Crippen LogP contribution in [0.5, 0.6) is 0 Å². The fourth-order valence-electron chi connectivity index (χ4n) is 0. The van der Waals surface area contributed by atoms with Gasteiger partial charge in [-0.1, -0.05) is 0 Å². The van der Waals surface area contributed by atoms with Gasteiger partial charge in [0.25, 0.3) is 0 Å². The van der Waals surface area contributed by atoms with E-state index in [4.69, 9.17) is 0 Å². The van der Waals surface area contributed by atoms with Gasteiger partial charge in [-0.3, -0.25) is 0 Å². The molecule has 0 aromatic carbocycles. The van der Waals surface area contributed by atoms with Gasteiger partial charge >= 0.3 is 0 Å². The van der Waals surface area contributed by atoms with Crippen molar-refractivity contribution in [3.05, 3.63) is 0 Å². The zero-order chi connectivity index (χ0) is 2.00. The summed E-state index contributed by atoms with van der Waals surface area (Å²) in [5.74, 6) is 0. The van der Waals surface area contributed by atoms with E-state index < -0.39 is 0 Å². The quantitative estimate of drug-likeness (QED) is 0.388. The molecule has 1 unspecified atom stereocenters. The predicted molar refractivity (Wildman–Crippen MR) is 15.5 cm³/mol. The zero-order valence-electron chi connectivity index (χ0n) is 2.23. The molecule has 0 aromatic heterocycles. The Morgan fingerprint density at radius 1 is 1.20 bits per heavy atom. The summed E-state index contributed by atoms with van der Waals surface area (Å²) >= 11 is 0. The molecule has 2 radical (unpaired) electrons. The molecule has 5 heteroatoms. The number of rotatable bonds is 0. The van der Waals surface area contributed by atoms with Crippen LogP contribution in [0.25, 0.3) is 0 Å². The van der Waals surface area contributed by atoms with Crippen molar-refractivity contribution in [1.29, 1.82) is 0 Å². The average Bonchev–Trinajstić information content (AvgIpc) is 1.00. The summed E-state index contributed by atoms with van der Waals surface area (Å²) in [6, 6.07) is 0. The van der Waals surface area contributed by atoms with Gasteiger partial charge in [-0.25, -0.2) is 0 Å². The Morgan fingerprint density at radius 2 is 1.20 bits per heavy atom. The molecule has 0 spiro atoms. The van der Waals surface area contributed by atoms with Crippen molar-refractivity contribution >= 4 is 16.7 Å². The third-order valence-corrected chi connectivity index (χ3v) is 0. The molecule has 0 aromatic rings. The molecule has 0 heterocycles. The van der Waals surface area contributed by atoms with Crippen molar-refractivity contribution in [3.8, 4) is 0 Å². The molecule has 1 atom stereocenters.